The van der Waals surface area contributed by atoms with E-state index < -0.39 is 9.84 Å². The van der Waals surface area contributed by atoms with Crippen molar-refractivity contribution in [2.24, 2.45) is 11.8 Å². The van der Waals surface area contributed by atoms with Gasteiger partial charge >= 0.3 is 0 Å². The Morgan fingerprint density at radius 2 is 1.88 bits per heavy atom. The van der Waals surface area contributed by atoms with Crippen molar-refractivity contribution in [2.45, 2.75) is 57.6 Å². The average Bonchev–Trinajstić information content (AvgIpc) is 3.48. The number of aromatic nitrogens is 2. The van der Waals surface area contributed by atoms with Gasteiger partial charge in [-0.1, -0.05) is 38.1 Å². The van der Waals surface area contributed by atoms with E-state index in [0.717, 1.165) is 36.2 Å². The van der Waals surface area contributed by atoms with Crippen LogP contribution in [0.15, 0.2) is 35.6 Å². The minimum atomic E-state index is -3.64. The summed E-state index contributed by atoms with van der Waals surface area (Å²) in [5.41, 5.74) is 2.50. The third-order valence-electron chi connectivity index (χ3n) is 5.74. The zero-order valence-corrected chi connectivity index (χ0v) is 20.7. The molecule has 1 amide bonds. The molecule has 8 heteroatoms. The molecule has 1 aromatic heterocycles. The second-order valence-corrected chi connectivity index (χ2v) is 11.4. The monoisotopic (exact) mass is 460 g/mol. The number of likely N-dealkylation sites (N-methyl/N-ethyl adjacent to an activating group) is 1. The van der Waals surface area contributed by atoms with E-state index in [2.05, 4.69) is 23.7 Å². The molecule has 1 fully saturated rings. The van der Waals surface area contributed by atoms with Crippen molar-refractivity contribution in [1.82, 2.24) is 19.4 Å². The van der Waals surface area contributed by atoms with Gasteiger partial charge in [-0.2, -0.15) is 0 Å². The maximum absolute atomic E-state index is 13.4. The summed E-state index contributed by atoms with van der Waals surface area (Å²) in [5, 5.41) is 0.0934. The summed E-state index contributed by atoms with van der Waals surface area (Å²) in [4.78, 5) is 21.2. The highest BCUT2D eigenvalue weighted by atomic mass is 32.2. The molecular weight excluding hydrogens is 424 g/mol. The topological polar surface area (TPSA) is 75.5 Å². The van der Waals surface area contributed by atoms with Gasteiger partial charge in [0.2, 0.25) is 20.9 Å². The molecule has 32 heavy (non-hydrogen) atoms. The molecule has 1 aliphatic carbocycles. The fourth-order valence-corrected chi connectivity index (χ4v) is 5.34. The van der Waals surface area contributed by atoms with E-state index in [1.807, 2.05) is 50.2 Å². The lowest BCUT2D eigenvalue weighted by Crippen LogP contribution is -2.37. The Hall–Kier alpha value is -2.19. The smallest absolute Gasteiger partial charge is 0.228 e. The summed E-state index contributed by atoms with van der Waals surface area (Å²) >= 11 is 0. The van der Waals surface area contributed by atoms with Crippen molar-refractivity contribution in [3.63, 3.8) is 0 Å². The van der Waals surface area contributed by atoms with Gasteiger partial charge in [0.1, 0.15) is 0 Å². The van der Waals surface area contributed by atoms with Crippen molar-refractivity contribution in [2.75, 3.05) is 27.2 Å². The number of carbonyl (C=O) groups is 1. The Balaban J connectivity index is 1.91. The molecule has 0 saturated heterocycles. The zero-order chi connectivity index (χ0) is 23.5. The Morgan fingerprint density at radius 3 is 2.47 bits per heavy atom. The van der Waals surface area contributed by atoms with Crippen LogP contribution in [0.2, 0.25) is 0 Å². The van der Waals surface area contributed by atoms with Gasteiger partial charge in [-0.3, -0.25) is 4.79 Å². The number of hydrogen-bond acceptors (Lipinski definition) is 5. The third-order valence-corrected chi connectivity index (χ3v) is 7.32. The number of carbonyl (C=O) groups excluding carboxylic acids is 1. The van der Waals surface area contributed by atoms with Gasteiger partial charge in [-0.25, -0.2) is 13.4 Å². The molecule has 3 rings (SSSR count). The lowest BCUT2D eigenvalue weighted by molar-refractivity contribution is -0.133. The van der Waals surface area contributed by atoms with E-state index in [-0.39, 0.29) is 28.7 Å². The van der Waals surface area contributed by atoms with Crippen molar-refractivity contribution >= 4 is 15.7 Å². The van der Waals surface area contributed by atoms with Gasteiger partial charge in [0.05, 0.1) is 24.2 Å². The summed E-state index contributed by atoms with van der Waals surface area (Å²) in [6.45, 7) is 8.32. The predicted octanol–water partition coefficient (Wildman–Crippen LogP) is 3.12. The molecule has 0 N–H and O–H groups in total. The summed E-state index contributed by atoms with van der Waals surface area (Å²) in [5.74, 6) is 0.431. The molecule has 0 unspecified atom stereocenters. The van der Waals surface area contributed by atoms with E-state index in [1.165, 1.54) is 0 Å². The Morgan fingerprint density at radius 1 is 1.19 bits per heavy atom. The largest absolute Gasteiger partial charge is 0.335 e. The van der Waals surface area contributed by atoms with Crippen LogP contribution in [0.4, 0.5) is 0 Å². The van der Waals surface area contributed by atoms with Crippen LogP contribution in [0.1, 0.15) is 43.5 Å². The van der Waals surface area contributed by atoms with Crippen LogP contribution < -0.4 is 0 Å². The summed E-state index contributed by atoms with van der Waals surface area (Å²) < 4.78 is 28.5. The lowest BCUT2D eigenvalue weighted by Gasteiger charge is -2.25. The van der Waals surface area contributed by atoms with Crippen molar-refractivity contribution in [3.05, 3.63) is 47.3 Å². The molecule has 1 heterocycles. The minimum absolute atomic E-state index is 0.0838. The van der Waals surface area contributed by atoms with E-state index in [1.54, 1.807) is 10.8 Å². The zero-order valence-electron chi connectivity index (χ0n) is 19.9. The van der Waals surface area contributed by atoms with Gasteiger partial charge in [-0.05, 0) is 50.9 Å². The number of rotatable bonds is 11. The second-order valence-electron chi connectivity index (χ2n) is 9.56. The minimum Gasteiger partial charge on any atom is -0.335 e. The molecule has 176 valence electrons. The Kier molecular flexibility index (Phi) is 7.77. The highest BCUT2D eigenvalue weighted by molar-refractivity contribution is 7.90. The molecule has 7 nitrogen and oxygen atoms in total. The average molecular weight is 461 g/mol. The SMILES string of the molecule is Cc1ccccc1CS(=O)(=O)c1ncc(CN(CCN(C)C)C(=O)C2CC2)n1CC(C)C. The van der Waals surface area contributed by atoms with Crippen LogP contribution >= 0.6 is 0 Å². The first-order valence-electron chi connectivity index (χ1n) is 11.3. The fourth-order valence-electron chi connectivity index (χ4n) is 3.74. The second kappa shape index (κ2) is 10.2. The van der Waals surface area contributed by atoms with Gasteiger partial charge < -0.3 is 14.4 Å². The van der Waals surface area contributed by atoms with Crippen LogP contribution in [0, 0.1) is 18.8 Å². The maximum Gasteiger partial charge on any atom is 0.228 e. The lowest BCUT2D eigenvalue weighted by atomic mass is 10.1. The molecule has 0 radical (unpaired) electrons. The number of benzene rings is 1. The number of imidazole rings is 1. The predicted molar refractivity (Wildman–Crippen MR) is 126 cm³/mol. The molecule has 0 aliphatic heterocycles. The van der Waals surface area contributed by atoms with Crippen LogP contribution in [0.25, 0.3) is 0 Å². The van der Waals surface area contributed by atoms with Crippen molar-refractivity contribution < 1.29 is 13.2 Å². The van der Waals surface area contributed by atoms with Gasteiger partial charge in [0.15, 0.2) is 0 Å². The van der Waals surface area contributed by atoms with E-state index in [9.17, 15) is 13.2 Å². The van der Waals surface area contributed by atoms with Gasteiger partial charge in [-0.15, -0.1) is 0 Å². The van der Waals surface area contributed by atoms with Gasteiger partial charge in [0, 0.05) is 25.6 Å². The Labute approximate surface area is 192 Å². The van der Waals surface area contributed by atoms with Crippen molar-refractivity contribution in [3.8, 4) is 0 Å². The first-order chi connectivity index (χ1) is 15.1. The number of aryl methyl sites for hydroxylation is 1. The third kappa shape index (κ3) is 6.19. The standard InChI is InChI=1S/C24H36N4O3S/c1-18(2)15-28-22(16-27(13-12-26(4)5)23(29)20-10-11-20)14-25-24(28)32(30,31)17-21-9-7-6-8-19(21)3/h6-9,14,18,20H,10-13,15-17H2,1-5H3. The van der Waals surface area contributed by atoms with Crippen molar-refractivity contribution in [1.29, 1.82) is 0 Å². The van der Waals surface area contributed by atoms with Crippen LogP contribution in [-0.2, 0) is 33.5 Å². The summed E-state index contributed by atoms with van der Waals surface area (Å²) in [6.07, 6.45) is 3.52. The van der Waals surface area contributed by atoms with E-state index >= 15 is 0 Å². The van der Waals surface area contributed by atoms with Crippen LogP contribution in [0.5, 0.6) is 0 Å². The molecular formula is C24H36N4O3S. The molecule has 2 aromatic rings. The quantitative estimate of drug-likeness (QED) is 0.515. The molecule has 1 aromatic carbocycles. The molecule has 0 spiro atoms. The summed E-state index contributed by atoms with van der Waals surface area (Å²) in [7, 11) is 0.333. The normalized spacial score (nSPS) is 14.3. The van der Waals surface area contributed by atoms with E-state index in [0.29, 0.717) is 19.6 Å². The first kappa shape index (κ1) is 24.5. The first-order valence-corrected chi connectivity index (χ1v) is 13.0. The summed E-state index contributed by atoms with van der Waals surface area (Å²) in [6, 6.07) is 7.53. The van der Waals surface area contributed by atoms with Crippen LogP contribution in [-0.4, -0.2) is 60.9 Å². The number of hydrogen-bond donors (Lipinski definition) is 0. The molecule has 0 bridgehead atoms. The van der Waals surface area contributed by atoms with Gasteiger partial charge in [0.25, 0.3) is 0 Å². The fraction of sp³-hybridized carbons (Fsp3) is 0.583. The molecule has 1 aliphatic rings. The Bertz CT molecular complexity index is 1040. The highest BCUT2D eigenvalue weighted by Gasteiger charge is 2.34. The number of amides is 1. The van der Waals surface area contributed by atoms with E-state index in [4.69, 9.17) is 0 Å². The number of sulfone groups is 1. The highest BCUT2D eigenvalue weighted by Crippen LogP contribution is 2.31. The number of nitrogens with zero attached hydrogens (tertiary/aromatic N) is 4. The maximum atomic E-state index is 13.4. The molecule has 1 saturated carbocycles. The molecule has 0 atom stereocenters. The van der Waals surface area contributed by atoms with Crippen LogP contribution in [0.3, 0.4) is 0 Å².